The molecule has 134 valence electrons. The Kier molecular flexibility index (Phi) is 4.34. The van der Waals surface area contributed by atoms with E-state index in [1.165, 1.54) is 0 Å². The average molecular weight is 354 g/mol. The molecule has 0 spiro atoms. The van der Waals surface area contributed by atoms with E-state index >= 15 is 0 Å². The molecular formula is C19H18N2O5. The first-order valence-corrected chi connectivity index (χ1v) is 8.25. The molecule has 0 bridgehead atoms. The van der Waals surface area contributed by atoms with Crippen molar-refractivity contribution >= 4 is 32.8 Å². The van der Waals surface area contributed by atoms with Crippen LogP contribution in [-0.2, 0) is 0 Å². The normalized spacial score (nSPS) is 11.8. The number of furan rings is 1. The molecule has 0 atom stereocenters. The quantitative estimate of drug-likeness (QED) is 0.310. The average Bonchev–Trinajstić information content (AvgIpc) is 2.96. The maximum absolute atomic E-state index is 10.4. The maximum atomic E-state index is 10.4. The van der Waals surface area contributed by atoms with Gasteiger partial charge in [-0.1, -0.05) is 6.07 Å². The van der Waals surface area contributed by atoms with Crippen molar-refractivity contribution in [2.75, 3.05) is 19.7 Å². The van der Waals surface area contributed by atoms with Crippen LogP contribution < -0.4 is 10.1 Å². The Morgan fingerprint density at radius 2 is 2.04 bits per heavy atom. The number of fused-ring (bicyclic) bond motifs is 4. The molecule has 2 heterocycles. The minimum absolute atomic E-state index is 0.0683. The zero-order chi connectivity index (χ0) is 18.1. The van der Waals surface area contributed by atoms with Gasteiger partial charge in [-0.3, -0.25) is 4.98 Å². The third kappa shape index (κ3) is 3.15. The molecule has 0 amide bonds. The number of rotatable bonds is 6. The molecule has 0 unspecified atom stereocenters. The predicted octanol–water partition coefficient (Wildman–Crippen LogP) is 2.12. The number of nitrogens with zero attached hydrogens (tertiary/aromatic N) is 1. The van der Waals surface area contributed by atoms with Gasteiger partial charge in [-0.2, -0.15) is 0 Å². The monoisotopic (exact) mass is 354 g/mol. The van der Waals surface area contributed by atoms with E-state index < -0.39 is 6.29 Å². The van der Waals surface area contributed by atoms with E-state index in [9.17, 15) is 5.11 Å². The van der Waals surface area contributed by atoms with Crippen molar-refractivity contribution in [2.24, 2.45) is 0 Å². The van der Waals surface area contributed by atoms with Gasteiger partial charge in [0, 0.05) is 48.3 Å². The van der Waals surface area contributed by atoms with Gasteiger partial charge in [0.05, 0.1) is 10.9 Å². The Morgan fingerprint density at radius 1 is 1.15 bits per heavy atom. The van der Waals surface area contributed by atoms with E-state index in [4.69, 9.17) is 19.4 Å². The minimum atomic E-state index is -1.39. The van der Waals surface area contributed by atoms with Gasteiger partial charge in [0.25, 0.3) is 0 Å². The number of phenols is 1. The topological polar surface area (TPSA) is 108 Å². The van der Waals surface area contributed by atoms with Gasteiger partial charge in [-0.15, -0.1) is 0 Å². The van der Waals surface area contributed by atoms with Crippen LogP contribution in [0.15, 0.2) is 47.0 Å². The lowest BCUT2D eigenvalue weighted by Gasteiger charge is -2.09. The second kappa shape index (κ2) is 6.80. The fourth-order valence-electron chi connectivity index (χ4n) is 2.98. The second-order valence-electron chi connectivity index (χ2n) is 6.00. The first-order valence-electron chi connectivity index (χ1n) is 8.25. The maximum Gasteiger partial charge on any atom is 0.164 e. The number of phenolic OH excluding ortho intramolecular Hbond substituents is 1. The summed E-state index contributed by atoms with van der Waals surface area (Å²) in [5.41, 5.74) is 2.01. The highest BCUT2D eigenvalue weighted by molar-refractivity contribution is 6.12. The molecule has 26 heavy (non-hydrogen) atoms. The van der Waals surface area contributed by atoms with E-state index in [2.05, 4.69) is 10.3 Å². The van der Waals surface area contributed by atoms with Crippen LogP contribution in [0, 0.1) is 0 Å². The molecule has 7 nitrogen and oxygen atoms in total. The zero-order valence-electron chi connectivity index (χ0n) is 13.8. The number of nitrogens with one attached hydrogen (secondary N) is 1. The number of ether oxygens (including phenoxy) is 1. The lowest BCUT2D eigenvalue weighted by molar-refractivity contribution is -0.0373. The van der Waals surface area contributed by atoms with Gasteiger partial charge in [-0.25, -0.2) is 0 Å². The standard InChI is InChI=1S/C19H18N2O5/c22-15-7-12(25-5-4-20-10-18(23)24)8-17-19(15)13-6-11-2-1-3-21-14(11)9-16(13)26-17/h1-3,6-9,18,20,22-24H,4-5,10H2. The smallest absolute Gasteiger partial charge is 0.164 e. The van der Waals surface area contributed by atoms with Gasteiger partial charge >= 0.3 is 0 Å². The molecule has 4 aromatic rings. The number of pyridine rings is 1. The van der Waals surface area contributed by atoms with Crippen LogP contribution >= 0.6 is 0 Å². The largest absolute Gasteiger partial charge is 0.507 e. The molecular weight excluding hydrogens is 336 g/mol. The summed E-state index contributed by atoms with van der Waals surface area (Å²) < 4.78 is 11.5. The fraction of sp³-hybridized carbons (Fsp3) is 0.211. The van der Waals surface area contributed by atoms with E-state index in [0.29, 0.717) is 35.5 Å². The Hall–Kier alpha value is -2.87. The Morgan fingerprint density at radius 3 is 2.88 bits per heavy atom. The molecule has 0 fully saturated rings. The Balaban J connectivity index is 1.64. The van der Waals surface area contributed by atoms with Gasteiger partial charge in [0.15, 0.2) is 6.29 Å². The summed E-state index contributed by atoms with van der Waals surface area (Å²) in [6.45, 7) is 0.818. The van der Waals surface area contributed by atoms with Crippen molar-refractivity contribution in [1.29, 1.82) is 0 Å². The summed E-state index contributed by atoms with van der Waals surface area (Å²) in [4.78, 5) is 4.32. The number of benzene rings is 2. The van der Waals surface area contributed by atoms with Crippen LogP contribution in [0.1, 0.15) is 0 Å². The van der Waals surface area contributed by atoms with Crippen molar-refractivity contribution in [3.05, 3.63) is 42.6 Å². The minimum Gasteiger partial charge on any atom is -0.507 e. The van der Waals surface area contributed by atoms with Crippen molar-refractivity contribution in [2.45, 2.75) is 6.29 Å². The highest BCUT2D eigenvalue weighted by Gasteiger charge is 2.14. The lowest BCUT2D eigenvalue weighted by atomic mass is 10.1. The molecule has 0 radical (unpaired) electrons. The SMILES string of the molecule is Oc1cc(OCCNCC(O)O)cc2oc3cc4ncccc4cc3c12. The number of hydrogen-bond acceptors (Lipinski definition) is 7. The molecule has 0 aliphatic carbocycles. The number of aliphatic hydroxyl groups is 2. The van der Waals surface area contributed by atoms with Crippen molar-refractivity contribution in [3.63, 3.8) is 0 Å². The zero-order valence-corrected chi connectivity index (χ0v) is 13.8. The summed E-state index contributed by atoms with van der Waals surface area (Å²) in [5, 5.41) is 33.2. The second-order valence-corrected chi connectivity index (χ2v) is 6.00. The molecule has 2 aromatic carbocycles. The lowest BCUT2D eigenvalue weighted by Crippen LogP contribution is -2.29. The summed E-state index contributed by atoms with van der Waals surface area (Å²) in [6, 6.07) is 10.9. The molecule has 4 rings (SSSR count). The molecule has 2 aromatic heterocycles. The van der Waals surface area contributed by atoms with Crippen LogP contribution in [0.2, 0.25) is 0 Å². The van der Waals surface area contributed by atoms with Gasteiger partial charge in [0.1, 0.15) is 29.3 Å². The Labute approximate surface area is 148 Å². The van der Waals surface area contributed by atoms with E-state index in [1.54, 1.807) is 18.3 Å². The molecule has 7 heteroatoms. The van der Waals surface area contributed by atoms with Crippen LogP contribution in [-0.4, -0.2) is 46.3 Å². The highest BCUT2D eigenvalue weighted by Crippen LogP contribution is 2.39. The molecule has 0 saturated heterocycles. The van der Waals surface area contributed by atoms with Crippen LogP contribution in [0.3, 0.4) is 0 Å². The molecule has 0 saturated carbocycles. The van der Waals surface area contributed by atoms with E-state index in [0.717, 1.165) is 16.3 Å². The third-order valence-electron chi connectivity index (χ3n) is 4.12. The third-order valence-corrected chi connectivity index (χ3v) is 4.12. The van der Waals surface area contributed by atoms with Crippen molar-refractivity contribution in [1.82, 2.24) is 10.3 Å². The van der Waals surface area contributed by atoms with Gasteiger partial charge in [0.2, 0.25) is 0 Å². The first kappa shape index (κ1) is 16.6. The molecule has 0 aliphatic heterocycles. The van der Waals surface area contributed by atoms with Gasteiger partial charge in [-0.05, 0) is 12.1 Å². The first-order chi connectivity index (χ1) is 12.6. The predicted molar refractivity (Wildman–Crippen MR) is 97.3 cm³/mol. The summed E-state index contributed by atoms with van der Waals surface area (Å²) in [6.07, 6.45) is 0.334. The molecule has 0 aliphatic rings. The summed E-state index contributed by atoms with van der Waals surface area (Å²) >= 11 is 0. The number of aromatic hydroxyl groups is 1. The summed E-state index contributed by atoms with van der Waals surface area (Å²) in [5.74, 6) is 0.557. The number of aromatic nitrogens is 1. The van der Waals surface area contributed by atoms with Crippen LogP contribution in [0.4, 0.5) is 0 Å². The van der Waals surface area contributed by atoms with Crippen LogP contribution in [0.5, 0.6) is 11.5 Å². The fourth-order valence-corrected chi connectivity index (χ4v) is 2.98. The van der Waals surface area contributed by atoms with Gasteiger partial charge < -0.3 is 29.8 Å². The van der Waals surface area contributed by atoms with E-state index in [1.807, 2.05) is 24.3 Å². The highest BCUT2D eigenvalue weighted by atomic mass is 16.5. The van der Waals surface area contributed by atoms with Crippen LogP contribution in [0.25, 0.3) is 32.8 Å². The summed E-state index contributed by atoms with van der Waals surface area (Å²) in [7, 11) is 0. The number of hydrogen-bond donors (Lipinski definition) is 4. The van der Waals surface area contributed by atoms with Crippen molar-refractivity contribution < 1.29 is 24.5 Å². The van der Waals surface area contributed by atoms with E-state index in [-0.39, 0.29) is 12.3 Å². The molecule has 4 N–H and O–H groups in total. The van der Waals surface area contributed by atoms with Crippen molar-refractivity contribution in [3.8, 4) is 11.5 Å². The Bertz CT molecular complexity index is 1070. The number of aliphatic hydroxyl groups excluding tert-OH is 1.